The van der Waals surface area contributed by atoms with Crippen LogP contribution in [-0.4, -0.2) is 39.6 Å². The molecule has 0 aromatic heterocycles. The Labute approximate surface area is 163 Å². The zero-order valence-electron chi connectivity index (χ0n) is 30.6. The summed E-state index contributed by atoms with van der Waals surface area (Å²) in [6.07, 6.45) is -30.4. The summed E-state index contributed by atoms with van der Waals surface area (Å²) >= 11 is 0. The number of amides is 1. The Morgan fingerprint density at radius 3 is 2.78 bits per heavy atom. The van der Waals surface area contributed by atoms with E-state index in [-0.39, 0.29) is 4.90 Å². The molecule has 23 heavy (non-hydrogen) atoms. The first-order chi connectivity index (χ1) is 18.2. The van der Waals surface area contributed by atoms with Gasteiger partial charge in [0.15, 0.2) is 0 Å². The number of rotatable bonds is 2. The number of hydrogen-bond donors (Lipinski definition) is 2. The van der Waals surface area contributed by atoms with Crippen LogP contribution in [0.15, 0.2) is 0 Å². The van der Waals surface area contributed by atoms with Gasteiger partial charge in [0, 0.05) is 29.3 Å². The molecule has 6 fully saturated rings. The number of fused-ring (bicyclic) bond motifs is 1. The molecule has 0 radical (unpaired) electrons. The van der Waals surface area contributed by atoms with Crippen molar-refractivity contribution in [1.29, 1.82) is 5.26 Å². The molecule has 2 unspecified atom stereocenters. The summed E-state index contributed by atoms with van der Waals surface area (Å²) in [4.78, 5) is 14.1. The molecule has 5 saturated carbocycles. The van der Waals surface area contributed by atoms with Gasteiger partial charge in [-0.3, -0.25) is 4.79 Å². The van der Waals surface area contributed by atoms with E-state index in [4.69, 9.17) is 31.8 Å². The average Bonchev–Trinajstić information content (AvgIpc) is 3.35. The molecule has 6 aliphatic rings. The average molecular weight is 335 g/mol. The highest BCUT2D eigenvalue weighted by Gasteiger charge is 2.62. The molecule has 5 nitrogen and oxygen atoms in total. The third-order valence-corrected chi connectivity index (χ3v) is 4.26. The molecular formula is C18H25N3O2. The summed E-state index contributed by atoms with van der Waals surface area (Å²) in [5.41, 5.74) is -3.08. The van der Waals surface area contributed by atoms with E-state index < -0.39 is 104 Å². The highest BCUT2D eigenvalue weighted by molar-refractivity contribution is 5.84. The van der Waals surface area contributed by atoms with Crippen molar-refractivity contribution in [3.63, 3.8) is 0 Å². The minimum atomic E-state index is -4.59. The van der Waals surface area contributed by atoms with E-state index in [2.05, 4.69) is 0 Å². The van der Waals surface area contributed by atoms with Crippen LogP contribution in [-0.2, 0) is 4.79 Å². The van der Waals surface area contributed by atoms with Crippen LogP contribution in [0.3, 0.4) is 0 Å². The number of carbonyl (C=O) groups is 1. The second-order valence-electron chi connectivity index (χ2n) is 5.83. The van der Waals surface area contributed by atoms with E-state index in [1.54, 1.807) is 0 Å². The lowest BCUT2D eigenvalue weighted by Gasteiger charge is -2.61. The van der Waals surface area contributed by atoms with Gasteiger partial charge in [0.2, 0.25) is 5.91 Å². The van der Waals surface area contributed by atoms with Gasteiger partial charge >= 0.3 is 0 Å². The van der Waals surface area contributed by atoms with Crippen molar-refractivity contribution < 1.29 is 35.9 Å². The molecule has 6 atom stereocenters. The number of piperidine rings is 1. The third kappa shape index (κ3) is 1.88. The molecule has 5 aliphatic carbocycles. The van der Waals surface area contributed by atoms with Gasteiger partial charge < -0.3 is 15.7 Å². The van der Waals surface area contributed by atoms with Gasteiger partial charge in [-0.15, -0.1) is 0 Å². The molecule has 6 rings (SSSR count). The molecule has 0 aromatic rings. The Morgan fingerprint density at radius 1 is 1.43 bits per heavy atom. The predicted octanol–water partition coefficient (Wildman–Crippen LogP) is 1.16. The molecule has 5 heteroatoms. The number of nitriles is 1. The van der Waals surface area contributed by atoms with Crippen molar-refractivity contribution in [3.05, 3.63) is 0 Å². The number of likely N-dealkylation sites (tertiary alicyclic amines) is 1. The minimum Gasteiger partial charge on any atom is -0.390 e. The zero-order chi connectivity index (χ0) is 33.1. The van der Waals surface area contributed by atoms with Crippen molar-refractivity contribution in [3.8, 4) is 6.07 Å². The second-order valence-corrected chi connectivity index (χ2v) is 5.83. The van der Waals surface area contributed by atoms with E-state index >= 15 is 0 Å². The number of carbonyl (C=O) groups excluding carboxylic acids is 1. The van der Waals surface area contributed by atoms with Crippen molar-refractivity contribution in [2.24, 2.45) is 28.8 Å². The van der Waals surface area contributed by atoms with E-state index in [9.17, 15) is 15.2 Å². The largest absolute Gasteiger partial charge is 0.390 e. The quantitative estimate of drug-likeness (QED) is 0.793. The van der Waals surface area contributed by atoms with Gasteiger partial charge in [-0.25, -0.2) is 0 Å². The van der Waals surface area contributed by atoms with Crippen LogP contribution in [0.5, 0.6) is 0 Å². The summed E-state index contributed by atoms with van der Waals surface area (Å²) in [6, 6.07) is -8.16. The fourth-order valence-corrected chi connectivity index (χ4v) is 3.20. The van der Waals surface area contributed by atoms with Crippen LogP contribution in [0, 0.1) is 34.4 Å². The van der Waals surface area contributed by atoms with Gasteiger partial charge in [-0.1, -0.05) is 0 Å². The molecular weight excluding hydrogens is 290 g/mol. The first kappa shape index (κ1) is 4.74. The third-order valence-electron chi connectivity index (χ3n) is 4.26. The molecule has 1 aliphatic heterocycles. The Kier molecular flexibility index (Phi) is 0.882. The summed E-state index contributed by atoms with van der Waals surface area (Å²) in [7, 11) is 0. The predicted molar refractivity (Wildman–Crippen MR) is 82.8 cm³/mol. The smallest absolute Gasteiger partial charge is 0.241 e. The fraction of sp³-hybridized carbons (Fsp3) is 0.889. The van der Waals surface area contributed by atoms with Crippen LogP contribution in [0.25, 0.3) is 0 Å². The number of nitrogens with zero attached hydrogens (tertiary/aromatic N) is 2. The van der Waals surface area contributed by atoms with Crippen LogP contribution in [0.4, 0.5) is 0 Å². The monoisotopic (exact) mass is 334 g/mol. The molecule has 1 heterocycles. The summed E-state index contributed by atoms with van der Waals surface area (Å²) < 4.78 is 164. The Bertz CT molecular complexity index is 1280. The number of aliphatic hydroxyl groups is 1. The van der Waals surface area contributed by atoms with E-state index in [1.165, 1.54) is 6.07 Å². The van der Waals surface area contributed by atoms with Crippen LogP contribution < -0.4 is 5.73 Å². The number of nitrogens with two attached hydrogens (primary N) is 1. The van der Waals surface area contributed by atoms with Gasteiger partial charge in [0.25, 0.3) is 0 Å². The molecule has 3 N–H and O–H groups in total. The summed E-state index contributed by atoms with van der Waals surface area (Å²) in [6.45, 7) is 0. The van der Waals surface area contributed by atoms with Crippen molar-refractivity contribution in [2.45, 2.75) is 74.7 Å². The lowest BCUT2D eigenvalue weighted by atomic mass is 9.46. The fourth-order valence-electron chi connectivity index (χ4n) is 3.20. The minimum absolute atomic E-state index is 0.0664. The van der Waals surface area contributed by atoms with Crippen molar-refractivity contribution in [1.82, 2.24) is 4.90 Å². The zero-order valence-corrected chi connectivity index (χ0v) is 11.6. The van der Waals surface area contributed by atoms with Crippen molar-refractivity contribution in [2.75, 3.05) is 0 Å². The Morgan fingerprint density at radius 2 is 2.13 bits per heavy atom. The first-order valence-corrected chi connectivity index (χ1v) is 6.93. The highest BCUT2D eigenvalue weighted by Crippen LogP contribution is 2.63. The van der Waals surface area contributed by atoms with E-state index in [0.717, 1.165) is 0 Å². The molecule has 4 bridgehead atoms. The molecule has 0 aromatic carbocycles. The van der Waals surface area contributed by atoms with Gasteiger partial charge in [0.1, 0.15) is 6.04 Å². The van der Waals surface area contributed by atoms with Crippen molar-refractivity contribution >= 4 is 5.91 Å². The van der Waals surface area contributed by atoms with Gasteiger partial charge in [-0.05, 0) is 74.1 Å². The maximum absolute atomic E-state index is 14.2. The molecule has 0 spiro atoms. The highest BCUT2D eigenvalue weighted by atomic mass is 16.3. The maximum atomic E-state index is 14.2. The maximum Gasteiger partial charge on any atom is 0.241 e. The van der Waals surface area contributed by atoms with Crippen LogP contribution >= 0.6 is 0 Å². The first-order valence-electron chi connectivity index (χ1n) is 16.4. The topological polar surface area (TPSA) is 90.3 Å². The SMILES string of the molecule is [2H]C1([2H])C2([2H])C([2H])([2H])C3(O)C([2H])([2H])C1([2H])C([2H])([2H])C([C@@]([2H])(N)C(=O)N1[C@H](C#N)C([2H])([2H])[C@]4([2H])C[C@]14[2H])(C2([2H])[2H])C3([2H])[2H]. The molecule has 1 saturated heterocycles. The standard InChI is InChI=1S/C18H25N3O2/c19-8-13-2-12-3-14(12)21(13)16(22)15(20)17-4-10-1-11(5-17)7-18(23,6-10)9-17/h10-15,23H,1-7,9,20H2/t10?,11?,12-,13+,14+,15+,17?,18?/m1/s1/i1D2,2D2,4D2,5D2,6D2,7D2,9D2,10D,11D,12D,14D,15D. The van der Waals surface area contributed by atoms with Crippen LogP contribution in [0.1, 0.15) is 77.1 Å². The van der Waals surface area contributed by atoms with Crippen LogP contribution in [0.2, 0.25) is 0 Å². The normalized spacial score (nSPS) is 95.4. The number of hydrogen-bond acceptors (Lipinski definition) is 4. The lowest BCUT2D eigenvalue weighted by molar-refractivity contribution is -0.177. The Hall–Kier alpha value is -1.12. The molecule has 1 amide bonds. The summed E-state index contributed by atoms with van der Waals surface area (Å²) in [5.74, 6) is -13.5. The van der Waals surface area contributed by atoms with E-state index in [0.29, 0.717) is 0 Å². The second kappa shape index (κ2) is 4.29. The Balaban J connectivity index is 1.95. The van der Waals surface area contributed by atoms with E-state index in [1.807, 2.05) is 0 Å². The summed E-state index contributed by atoms with van der Waals surface area (Å²) in [5, 5.41) is 21.4. The molecule has 124 valence electrons. The van der Waals surface area contributed by atoms with Gasteiger partial charge in [0.05, 0.1) is 20.4 Å². The van der Waals surface area contributed by atoms with Gasteiger partial charge in [-0.2, -0.15) is 5.26 Å². The lowest BCUT2D eigenvalue weighted by Crippen LogP contribution is -2.64.